The molecule has 0 saturated heterocycles. The lowest BCUT2D eigenvalue weighted by atomic mass is 10.1. The minimum Gasteiger partial charge on any atom is -0.292 e. The number of carbonyl (C=O) groups excluding carboxylic acids is 1. The van der Waals surface area contributed by atoms with Gasteiger partial charge in [-0.1, -0.05) is 28.1 Å². The molecule has 0 aliphatic carbocycles. The first-order valence-corrected chi connectivity index (χ1v) is 9.60. The van der Waals surface area contributed by atoms with Crippen LogP contribution in [0.1, 0.15) is 15.9 Å². The van der Waals surface area contributed by atoms with Gasteiger partial charge >= 0.3 is 5.69 Å². The molecule has 144 valence electrons. The van der Waals surface area contributed by atoms with Gasteiger partial charge in [0.05, 0.1) is 18.6 Å². The van der Waals surface area contributed by atoms with Crippen LogP contribution in [0, 0.1) is 0 Å². The van der Waals surface area contributed by atoms with Crippen molar-refractivity contribution in [1.82, 2.24) is 19.1 Å². The molecule has 3 aromatic heterocycles. The average Bonchev–Trinajstić information content (AvgIpc) is 2.75. The molecular weight excluding hydrogens is 436 g/mol. The maximum absolute atomic E-state index is 13.2. The number of nitrogens with zero attached hydrogens (tertiary/aromatic N) is 4. The lowest BCUT2D eigenvalue weighted by Crippen LogP contribution is -2.41. The second kappa shape index (κ2) is 7.92. The van der Waals surface area contributed by atoms with Gasteiger partial charge in [0, 0.05) is 28.6 Å². The first-order chi connectivity index (χ1) is 14.0. The van der Waals surface area contributed by atoms with E-state index in [2.05, 4.69) is 25.9 Å². The van der Waals surface area contributed by atoms with E-state index < -0.39 is 11.2 Å². The van der Waals surface area contributed by atoms with Gasteiger partial charge in [0.1, 0.15) is 0 Å². The molecule has 0 amide bonds. The number of fused-ring (bicyclic) bond motifs is 1. The standard InChI is InChI=1S/C21H15BrN4O3/c22-16-4-1-3-15(11-16)18(27)13-25-17-5-2-8-24-19(17)20(28)26(21(25)29)12-14-6-9-23-10-7-14/h1-11H,12-13H2. The first kappa shape index (κ1) is 18.9. The topological polar surface area (TPSA) is 86.9 Å². The van der Waals surface area contributed by atoms with Crippen LogP contribution in [0.4, 0.5) is 0 Å². The molecule has 0 aliphatic rings. The van der Waals surface area contributed by atoms with E-state index in [0.717, 1.165) is 14.6 Å². The van der Waals surface area contributed by atoms with E-state index >= 15 is 0 Å². The fourth-order valence-electron chi connectivity index (χ4n) is 3.10. The Hall–Kier alpha value is -3.39. The third-order valence-corrected chi connectivity index (χ3v) is 5.02. The van der Waals surface area contributed by atoms with Crippen molar-refractivity contribution < 1.29 is 4.79 Å². The minimum atomic E-state index is -0.560. The summed E-state index contributed by atoms with van der Waals surface area (Å²) in [6, 6.07) is 13.7. The van der Waals surface area contributed by atoms with Gasteiger partial charge in [-0.15, -0.1) is 0 Å². The monoisotopic (exact) mass is 450 g/mol. The van der Waals surface area contributed by atoms with Gasteiger partial charge in [-0.2, -0.15) is 0 Å². The molecule has 0 fully saturated rings. The molecule has 0 N–H and O–H groups in total. The lowest BCUT2D eigenvalue weighted by Gasteiger charge is -2.13. The number of Topliss-reactive ketones (excluding diaryl/α,β-unsaturated/α-hetero) is 1. The smallest absolute Gasteiger partial charge is 0.292 e. The van der Waals surface area contributed by atoms with E-state index in [1.54, 1.807) is 54.9 Å². The van der Waals surface area contributed by atoms with Crippen LogP contribution in [0.5, 0.6) is 0 Å². The zero-order valence-corrected chi connectivity index (χ0v) is 16.7. The third kappa shape index (κ3) is 3.79. The number of hydrogen-bond donors (Lipinski definition) is 0. The van der Waals surface area contributed by atoms with Crippen LogP contribution >= 0.6 is 15.9 Å². The number of rotatable bonds is 5. The van der Waals surface area contributed by atoms with Crippen molar-refractivity contribution in [2.24, 2.45) is 0 Å². The summed E-state index contributed by atoms with van der Waals surface area (Å²) in [5.41, 5.74) is 0.638. The maximum atomic E-state index is 13.2. The number of benzene rings is 1. The predicted octanol–water partition coefficient (Wildman–Crippen LogP) is 2.65. The highest BCUT2D eigenvalue weighted by Gasteiger charge is 2.17. The normalized spacial score (nSPS) is 10.9. The predicted molar refractivity (Wildman–Crippen MR) is 112 cm³/mol. The lowest BCUT2D eigenvalue weighted by molar-refractivity contribution is 0.0971. The quantitative estimate of drug-likeness (QED) is 0.436. The van der Waals surface area contributed by atoms with Crippen molar-refractivity contribution in [3.63, 3.8) is 0 Å². The Bertz CT molecular complexity index is 1330. The van der Waals surface area contributed by atoms with Gasteiger partial charge in [0.25, 0.3) is 5.56 Å². The molecule has 1 aromatic carbocycles. The Morgan fingerprint density at radius 1 is 0.966 bits per heavy atom. The van der Waals surface area contributed by atoms with Crippen molar-refractivity contribution in [3.05, 3.63) is 104 Å². The molecule has 29 heavy (non-hydrogen) atoms. The fraction of sp³-hybridized carbons (Fsp3) is 0.0952. The number of pyridine rings is 2. The van der Waals surface area contributed by atoms with Crippen LogP contribution < -0.4 is 11.2 Å². The molecule has 4 aromatic rings. The Morgan fingerprint density at radius 2 is 1.76 bits per heavy atom. The molecule has 0 radical (unpaired) electrons. The van der Waals surface area contributed by atoms with Crippen LogP contribution in [-0.2, 0) is 13.1 Å². The number of carbonyl (C=O) groups is 1. The summed E-state index contributed by atoms with van der Waals surface area (Å²) in [6.07, 6.45) is 4.68. The molecule has 4 rings (SSSR count). The van der Waals surface area contributed by atoms with Gasteiger partial charge in [-0.05, 0) is 42.0 Å². The summed E-state index contributed by atoms with van der Waals surface area (Å²) < 4.78 is 3.16. The van der Waals surface area contributed by atoms with Crippen molar-refractivity contribution in [3.8, 4) is 0 Å². The summed E-state index contributed by atoms with van der Waals surface area (Å²) in [4.78, 5) is 47.0. The second-order valence-electron chi connectivity index (χ2n) is 6.42. The SMILES string of the molecule is O=C(Cn1c(=O)n(Cc2ccncc2)c(=O)c2ncccc21)c1cccc(Br)c1. The highest BCUT2D eigenvalue weighted by atomic mass is 79.9. The van der Waals surface area contributed by atoms with Gasteiger partial charge in [0.2, 0.25) is 0 Å². The summed E-state index contributed by atoms with van der Waals surface area (Å²) in [7, 11) is 0. The van der Waals surface area contributed by atoms with Gasteiger partial charge in [-0.25, -0.2) is 9.78 Å². The molecular formula is C21H15BrN4O3. The summed E-state index contributed by atoms with van der Waals surface area (Å²) in [5, 5.41) is 0. The van der Waals surface area contributed by atoms with Crippen LogP contribution in [0.15, 0.2) is 81.2 Å². The Labute approximate surface area is 173 Å². The van der Waals surface area contributed by atoms with Crippen molar-refractivity contribution in [1.29, 1.82) is 0 Å². The molecule has 0 atom stereocenters. The maximum Gasteiger partial charge on any atom is 0.332 e. The van der Waals surface area contributed by atoms with Gasteiger partial charge in [0.15, 0.2) is 11.3 Å². The average molecular weight is 451 g/mol. The Morgan fingerprint density at radius 3 is 2.52 bits per heavy atom. The van der Waals surface area contributed by atoms with E-state index in [4.69, 9.17) is 0 Å². The summed E-state index contributed by atoms with van der Waals surface area (Å²) in [6.45, 7) is -0.133. The molecule has 0 saturated carbocycles. The van der Waals surface area contributed by atoms with Gasteiger partial charge in [-0.3, -0.25) is 23.7 Å². The fourth-order valence-corrected chi connectivity index (χ4v) is 3.50. The van der Waals surface area contributed by atoms with Crippen molar-refractivity contribution in [2.45, 2.75) is 13.1 Å². The highest BCUT2D eigenvalue weighted by Crippen LogP contribution is 2.13. The number of halogens is 1. The largest absolute Gasteiger partial charge is 0.332 e. The van der Waals surface area contributed by atoms with Crippen molar-refractivity contribution in [2.75, 3.05) is 0 Å². The third-order valence-electron chi connectivity index (χ3n) is 4.53. The zero-order valence-electron chi connectivity index (χ0n) is 15.2. The molecule has 7 nitrogen and oxygen atoms in total. The second-order valence-corrected chi connectivity index (χ2v) is 7.34. The summed E-state index contributed by atoms with van der Waals surface area (Å²) >= 11 is 3.35. The molecule has 0 unspecified atom stereocenters. The molecule has 3 heterocycles. The zero-order chi connectivity index (χ0) is 20.4. The highest BCUT2D eigenvalue weighted by molar-refractivity contribution is 9.10. The van der Waals surface area contributed by atoms with E-state index in [0.29, 0.717) is 11.1 Å². The first-order valence-electron chi connectivity index (χ1n) is 8.80. The molecule has 0 bridgehead atoms. The van der Waals surface area contributed by atoms with E-state index in [1.807, 2.05) is 6.07 Å². The van der Waals surface area contributed by atoms with Gasteiger partial charge < -0.3 is 0 Å². The van der Waals surface area contributed by atoms with Crippen LogP contribution in [-0.4, -0.2) is 24.9 Å². The molecule has 0 aliphatic heterocycles. The number of aromatic nitrogens is 4. The van der Waals surface area contributed by atoms with Crippen LogP contribution in [0.3, 0.4) is 0 Å². The number of hydrogen-bond acceptors (Lipinski definition) is 5. The van der Waals surface area contributed by atoms with Crippen LogP contribution in [0.25, 0.3) is 11.0 Å². The number of ketones is 1. The van der Waals surface area contributed by atoms with E-state index in [9.17, 15) is 14.4 Å². The minimum absolute atomic E-state index is 0.0672. The van der Waals surface area contributed by atoms with E-state index in [1.165, 1.54) is 10.8 Å². The van der Waals surface area contributed by atoms with Crippen LogP contribution in [0.2, 0.25) is 0 Å². The molecule has 8 heteroatoms. The van der Waals surface area contributed by atoms with E-state index in [-0.39, 0.29) is 24.4 Å². The van der Waals surface area contributed by atoms with Crippen molar-refractivity contribution >= 4 is 32.7 Å². The Kier molecular flexibility index (Phi) is 5.18. The molecule has 0 spiro atoms. The Balaban J connectivity index is 1.85. The summed E-state index contributed by atoms with van der Waals surface area (Å²) in [5.74, 6) is -0.243.